The van der Waals surface area contributed by atoms with Gasteiger partial charge in [0.25, 0.3) is 5.88 Å². The lowest BCUT2D eigenvalue weighted by Gasteiger charge is -2.24. The Kier molecular flexibility index (Phi) is 7.25. The van der Waals surface area contributed by atoms with E-state index in [1.807, 2.05) is 6.07 Å². The number of hydrogen-bond donors (Lipinski definition) is 2. The van der Waals surface area contributed by atoms with Crippen LogP contribution in [0.4, 0.5) is 14.6 Å². The molecule has 0 saturated carbocycles. The van der Waals surface area contributed by atoms with E-state index in [4.69, 9.17) is 9.47 Å². The van der Waals surface area contributed by atoms with Crippen LogP contribution >= 0.6 is 0 Å². The summed E-state index contributed by atoms with van der Waals surface area (Å²) >= 11 is 0. The number of ether oxygens (including phenoxy) is 2. The first-order valence-electron chi connectivity index (χ1n) is 11.5. The molecule has 0 fully saturated rings. The Morgan fingerprint density at radius 1 is 1.24 bits per heavy atom. The number of carbonyl (C=O) groups is 1. The van der Waals surface area contributed by atoms with Gasteiger partial charge in [-0.25, -0.2) is 18.7 Å². The van der Waals surface area contributed by atoms with Crippen molar-refractivity contribution in [2.24, 2.45) is 0 Å². The molecule has 2 N–H and O–H groups in total. The normalized spacial score (nSPS) is 15.9. The molecule has 0 radical (unpaired) electrons. The third kappa shape index (κ3) is 6.30. The fraction of sp³-hybridized carbons (Fsp3) is 0.542. The average Bonchev–Trinajstić information content (AvgIpc) is 2.80. The molecule has 2 aromatic heterocycles. The highest BCUT2D eigenvalue weighted by Crippen LogP contribution is 2.38. The van der Waals surface area contributed by atoms with Gasteiger partial charge in [0.2, 0.25) is 5.92 Å². The highest BCUT2D eigenvalue weighted by Gasteiger charge is 2.34. The summed E-state index contributed by atoms with van der Waals surface area (Å²) in [6.07, 6.45) is 3.82. The molecular formula is C24H29F2N3O4. The number of rotatable bonds is 10. The van der Waals surface area contributed by atoms with Gasteiger partial charge < -0.3 is 19.9 Å². The van der Waals surface area contributed by atoms with Crippen LogP contribution in [-0.4, -0.2) is 46.7 Å². The van der Waals surface area contributed by atoms with Crippen LogP contribution < -0.4 is 14.8 Å². The van der Waals surface area contributed by atoms with Crippen LogP contribution in [0.3, 0.4) is 0 Å². The number of halogens is 2. The van der Waals surface area contributed by atoms with Gasteiger partial charge in [0.1, 0.15) is 19.0 Å². The molecule has 4 rings (SSSR count). The fourth-order valence-electron chi connectivity index (χ4n) is 4.35. The van der Waals surface area contributed by atoms with Gasteiger partial charge in [0.05, 0.1) is 6.42 Å². The van der Waals surface area contributed by atoms with E-state index >= 15 is 0 Å². The Balaban J connectivity index is 1.33. The molecule has 0 amide bonds. The monoisotopic (exact) mass is 461 g/mol. The highest BCUT2D eigenvalue weighted by atomic mass is 19.3. The van der Waals surface area contributed by atoms with E-state index in [1.54, 1.807) is 6.07 Å². The smallest absolute Gasteiger partial charge is 0.303 e. The lowest BCUT2D eigenvalue weighted by Crippen LogP contribution is -2.22. The van der Waals surface area contributed by atoms with Crippen LogP contribution in [0, 0.1) is 0 Å². The summed E-state index contributed by atoms with van der Waals surface area (Å²) in [5.74, 6) is -3.40. The van der Waals surface area contributed by atoms with Crippen molar-refractivity contribution in [1.29, 1.82) is 0 Å². The van der Waals surface area contributed by atoms with Crippen molar-refractivity contribution in [3.63, 3.8) is 0 Å². The molecule has 0 spiro atoms. The van der Waals surface area contributed by atoms with E-state index in [-0.39, 0.29) is 6.42 Å². The minimum atomic E-state index is -2.99. The molecule has 2 aliphatic heterocycles. The van der Waals surface area contributed by atoms with Crippen molar-refractivity contribution in [2.45, 2.75) is 63.2 Å². The summed E-state index contributed by atoms with van der Waals surface area (Å²) in [4.78, 5) is 20.1. The van der Waals surface area contributed by atoms with Gasteiger partial charge in [0, 0.05) is 37.2 Å². The Morgan fingerprint density at radius 3 is 2.94 bits per heavy atom. The molecule has 0 saturated heterocycles. The maximum Gasteiger partial charge on any atom is 0.303 e. The number of nitrogens with zero attached hydrogens (tertiary/aromatic N) is 2. The maximum absolute atomic E-state index is 14.8. The molecular weight excluding hydrogens is 432 g/mol. The summed E-state index contributed by atoms with van der Waals surface area (Å²) in [5.41, 5.74) is 2.53. The topological polar surface area (TPSA) is 93.6 Å². The number of carboxylic acids is 1. The standard InChI is InChI=1S/C24H29F2N3O4/c25-24(26,8-2-1-5-19-7-6-16-4-3-9-27-22(16)29-19)14-17(13-21(30)31)18-12-20-23(28-15-18)33-11-10-32-20/h6-7,12,15,17H,1-5,8-11,13-14H2,(H,27,29)(H,30,31)/t17-/m1/s1. The van der Waals surface area contributed by atoms with Crippen LogP contribution in [-0.2, 0) is 17.6 Å². The molecule has 7 nitrogen and oxygen atoms in total. The molecule has 33 heavy (non-hydrogen) atoms. The average molecular weight is 462 g/mol. The number of unbranched alkanes of at least 4 members (excludes halogenated alkanes) is 1. The lowest BCUT2D eigenvalue weighted by molar-refractivity contribution is -0.138. The summed E-state index contributed by atoms with van der Waals surface area (Å²) in [5, 5.41) is 12.6. The zero-order valence-corrected chi connectivity index (χ0v) is 18.5. The summed E-state index contributed by atoms with van der Waals surface area (Å²) < 4.78 is 40.4. The van der Waals surface area contributed by atoms with Crippen LogP contribution in [0.1, 0.15) is 61.3 Å². The number of aryl methyl sites for hydroxylation is 2. The Bertz CT molecular complexity index is 986. The summed E-state index contributed by atoms with van der Waals surface area (Å²) in [6.45, 7) is 1.62. The second-order valence-corrected chi connectivity index (χ2v) is 8.67. The van der Waals surface area contributed by atoms with E-state index in [9.17, 15) is 18.7 Å². The SMILES string of the molecule is O=C(O)C[C@H](CC(F)(F)CCCCc1ccc2c(n1)NCCC2)c1cnc2c(c1)OCCO2. The summed E-state index contributed by atoms with van der Waals surface area (Å²) in [6, 6.07) is 5.61. The quantitative estimate of drug-likeness (QED) is 0.500. The Hall–Kier alpha value is -2.97. The van der Waals surface area contributed by atoms with E-state index in [0.717, 1.165) is 30.9 Å². The zero-order chi connectivity index (χ0) is 23.3. The fourth-order valence-corrected chi connectivity index (χ4v) is 4.35. The summed E-state index contributed by atoms with van der Waals surface area (Å²) in [7, 11) is 0. The number of fused-ring (bicyclic) bond motifs is 2. The van der Waals surface area contributed by atoms with Gasteiger partial charge in [-0.15, -0.1) is 0 Å². The third-order valence-corrected chi connectivity index (χ3v) is 6.03. The first-order chi connectivity index (χ1) is 15.9. The van der Waals surface area contributed by atoms with Gasteiger partial charge in [0.15, 0.2) is 5.75 Å². The Labute approximate surface area is 191 Å². The highest BCUT2D eigenvalue weighted by molar-refractivity contribution is 5.68. The molecule has 0 unspecified atom stereocenters. The second-order valence-electron chi connectivity index (χ2n) is 8.67. The van der Waals surface area contributed by atoms with Crippen molar-refractivity contribution in [2.75, 3.05) is 25.1 Å². The van der Waals surface area contributed by atoms with Crippen LogP contribution in [0.5, 0.6) is 11.6 Å². The number of carboxylic acid groups (broad SMARTS) is 1. The van der Waals surface area contributed by atoms with Crippen molar-refractivity contribution in [3.05, 3.63) is 41.2 Å². The predicted octanol–water partition coefficient (Wildman–Crippen LogP) is 4.60. The number of aliphatic carboxylic acids is 1. The first kappa shape index (κ1) is 23.2. The molecule has 9 heteroatoms. The molecule has 0 aliphatic carbocycles. The first-order valence-corrected chi connectivity index (χ1v) is 11.5. The number of pyridine rings is 2. The van der Waals surface area contributed by atoms with Gasteiger partial charge in [-0.05, 0) is 55.4 Å². The molecule has 0 bridgehead atoms. The van der Waals surface area contributed by atoms with E-state index in [2.05, 4.69) is 21.4 Å². The van der Waals surface area contributed by atoms with E-state index in [0.29, 0.717) is 49.7 Å². The van der Waals surface area contributed by atoms with Crippen molar-refractivity contribution in [3.8, 4) is 11.6 Å². The number of aromatic nitrogens is 2. The molecule has 1 atom stereocenters. The molecule has 2 aliphatic rings. The number of alkyl halides is 2. The number of nitrogens with one attached hydrogen (secondary N) is 1. The van der Waals surface area contributed by atoms with Crippen LogP contribution in [0.15, 0.2) is 24.4 Å². The van der Waals surface area contributed by atoms with Gasteiger partial charge in [-0.3, -0.25) is 4.79 Å². The van der Waals surface area contributed by atoms with Crippen LogP contribution in [0.25, 0.3) is 0 Å². The van der Waals surface area contributed by atoms with Gasteiger partial charge in [-0.2, -0.15) is 0 Å². The van der Waals surface area contributed by atoms with E-state index < -0.39 is 30.7 Å². The minimum absolute atomic E-state index is 0.301. The molecule has 2 aromatic rings. The maximum atomic E-state index is 14.8. The van der Waals surface area contributed by atoms with Crippen molar-refractivity contribution >= 4 is 11.8 Å². The van der Waals surface area contributed by atoms with Crippen molar-refractivity contribution in [1.82, 2.24) is 9.97 Å². The number of anilines is 1. The van der Waals surface area contributed by atoms with Crippen LogP contribution in [0.2, 0.25) is 0 Å². The molecule has 178 valence electrons. The minimum Gasteiger partial charge on any atom is -0.484 e. The zero-order valence-electron chi connectivity index (χ0n) is 18.5. The lowest BCUT2D eigenvalue weighted by atomic mass is 9.89. The Morgan fingerprint density at radius 2 is 2.09 bits per heavy atom. The van der Waals surface area contributed by atoms with Gasteiger partial charge in [-0.1, -0.05) is 6.07 Å². The van der Waals surface area contributed by atoms with E-state index in [1.165, 1.54) is 11.8 Å². The second kappa shape index (κ2) is 10.3. The predicted molar refractivity (Wildman–Crippen MR) is 118 cm³/mol. The number of hydrogen-bond acceptors (Lipinski definition) is 6. The van der Waals surface area contributed by atoms with Crippen molar-refractivity contribution < 1.29 is 28.2 Å². The molecule has 4 heterocycles. The van der Waals surface area contributed by atoms with Gasteiger partial charge >= 0.3 is 5.97 Å². The largest absolute Gasteiger partial charge is 0.484 e. The third-order valence-electron chi connectivity index (χ3n) is 6.03. The molecule has 0 aromatic carbocycles.